The molecule has 20 heavy (non-hydrogen) atoms. The molecular formula is C16H26N2O2. The maximum Gasteiger partial charge on any atom is 0.119 e. The van der Waals surface area contributed by atoms with Crippen LogP contribution in [-0.2, 0) is 4.74 Å². The maximum atomic E-state index is 6.39. The Balaban J connectivity index is 2.06. The summed E-state index contributed by atoms with van der Waals surface area (Å²) >= 11 is 0. The number of nitrogens with two attached hydrogens (primary N) is 1. The number of ether oxygens (including phenoxy) is 2. The van der Waals surface area contributed by atoms with Gasteiger partial charge in [0.05, 0.1) is 25.4 Å². The molecule has 2 unspecified atom stereocenters. The van der Waals surface area contributed by atoms with Gasteiger partial charge >= 0.3 is 0 Å². The molecule has 2 rings (SSSR count). The van der Waals surface area contributed by atoms with E-state index < -0.39 is 0 Å². The summed E-state index contributed by atoms with van der Waals surface area (Å²) in [5.41, 5.74) is 7.47. The third-order valence-corrected chi connectivity index (χ3v) is 3.81. The summed E-state index contributed by atoms with van der Waals surface area (Å²) in [7, 11) is 0. The first-order valence-electron chi connectivity index (χ1n) is 7.45. The Morgan fingerprint density at radius 2 is 2.25 bits per heavy atom. The first-order valence-corrected chi connectivity index (χ1v) is 7.45. The summed E-state index contributed by atoms with van der Waals surface area (Å²) < 4.78 is 11.4. The highest BCUT2D eigenvalue weighted by Crippen LogP contribution is 2.24. The van der Waals surface area contributed by atoms with E-state index in [-0.39, 0.29) is 12.1 Å². The number of morpholine rings is 1. The molecule has 0 aliphatic carbocycles. The maximum absolute atomic E-state index is 6.39. The van der Waals surface area contributed by atoms with Crippen molar-refractivity contribution in [3.8, 4) is 5.75 Å². The highest BCUT2D eigenvalue weighted by atomic mass is 16.5. The molecule has 112 valence electrons. The summed E-state index contributed by atoms with van der Waals surface area (Å²) in [5.74, 6) is 0.872. The van der Waals surface area contributed by atoms with E-state index >= 15 is 0 Å². The zero-order valence-electron chi connectivity index (χ0n) is 12.7. The van der Waals surface area contributed by atoms with E-state index in [2.05, 4.69) is 18.7 Å². The monoisotopic (exact) mass is 278 g/mol. The van der Waals surface area contributed by atoms with Crippen molar-refractivity contribution in [2.45, 2.75) is 39.0 Å². The largest absolute Gasteiger partial charge is 0.494 e. The van der Waals surface area contributed by atoms with E-state index in [4.69, 9.17) is 15.2 Å². The number of rotatable bonds is 5. The summed E-state index contributed by atoms with van der Waals surface area (Å²) in [5, 5.41) is 0. The van der Waals surface area contributed by atoms with Crippen molar-refractivity contribution in [1.29, 1.82) is 0 Å². The van der Waals surface area contributed by atoms with E-state index in [1.165, 1.54) is 0 Å². The molecule has 0 spiro atoms. The third kappa shape index (κ3) is 3.72. The van der Waals surface area contributed by atoms with Gasteiger partial charge in [0, 0.05) is 19.1 Å². The van der Waals surface area contributed by atoms with Crippen molar-refractivity contribution >= 4 is 0 Å². The molecule has 2 atom stereocenters. The van der Waals surface area contributed by atoms with E-state index in [1.807, 2.05) is 31.2 Å². The summed E-state index contributed by atoms with van der Waals surface area (Å²) in [6, 6.07) is 8.43. The molecule has 1 aliphatic rings. The zero-order chi connectivity index (χ0) is 14.5. The summed E-state index contributed by atoms with van der Waals surface area (Å²) in [6.45, 7) is 9.70. The van der Waals surface area contributed by atoms with Crippen LogP contribution in [-0.4, -0.2) is 43.3 Å². The molecule has 1 aromatic rings. The first kappa shape index (κ1) is 15.3. The molecule has 1 fully saturated rings. The zero-order valence-corrected chi connectivity index (χ0v) is 12.7. The minimum absolute atomic E-state index is 0.0445. The molecule has 4 heteroatoms. The Labute approximate surface area is 121 Å². The molecule has 2 N–H and O–H groups in total. The van der Waals surface area contributed by atoms with Crippen molar-refractivity contribution in [1.82, 2.24) is 4.90 Å². The van der Waals surface area contributed by atoms with Crippen molar-refractivity contribution < 1.29 is 9.47 Å². The highest BCUT2D eigenvalue weighted by Gasteiger charge is 2.28. The van der Waals surface area contributed by atoms with Crippen LogP contribution in [0.2, 0.25) is 0 Å². The number of hydrogen-bond acceptors (Lipinski definition) is 4. The Morgan fingerprint density at radius 3 is 2.95 bits per heavy atom. The standard InChI is InChI=1S/C16H26N2O2/c1-4-19-14-7-5-6-13(10-14)16(17)15-11-18(12(2)3)8-9-20-15/h5-7,10,12,15-16H,4,8-9,11,17H2,1-3H3. The molecule has 0 saturated carbocycles. The fraction of sp³-hybridized carbons (Fsp3) is 0.625. The fourth-order valence-corrected chi connectivity index (χ4v) is 2.58. The molecule has 1 saturated heterocycles. The third-order valence-electron chi connectivity index (χ3n) is 3.81. The first-order chi connectivity index (χ1) is 9.61. The van der Waals surface area contributed by atoms with E-state index in [0.717, 1.165) is 31.0 Å². The van der Waals surface area contributed by atoms with Crippen LogP contribution in [0.5, 0.6) is 5.75 Å². The predicted octanol–water partition coefficient (Wildman–Crippen LogP) is 2.19. The van der Waals surface area contributed by atoms with Gasteiger partial charge in [-0.3, -0.25) is 4.90 Å². The van der Waals surface area contributed by atoms with Crippen LogP contribution >= 0.6 is 0 Å². The van der Waals surface area contributed by atoms with Crippen LogP contribution in [0.3, 0.4) is 0 Å². The fourth-order valence-electron chi connectivity index (χ4n) is 2.58. The minimum atomic E-state index is -0.114. The van der Waals surface area contributed by atoms with Crippen LogP contribution in [0.4, 0.5) is 0 Å². The molecule has 1 aliphatic heterocycles. The summed E-state index contributed by atoms with van der Waals surface area (Å²) in [4.78, 5) is 2.42. The van der Waals surface area contributed by atoms with Crippen LogP contribution < -0.4 is 10.5 Å². The predicted molar refractivity (Wildman–Crippen MR) is 81.0 cm³/mol. The lowest BCUT2D eigenvalue weighted by molar-refractivity contribution is -0.0502. The van der Waals surface area contributed by atoms with Crippen LogP contribution in [0.25, 0.3) is 0 Å². The van der Waals surface area contributed by atoms with Crippen LogP contribution in [0.15, 0.2) is 24.3 Å². The number of hydrogen-bond donors (Lipinski definition) is 1. The van der Waals surface area contributed by atoms with Crippen molar-refractivity contribution in [2.75, 3.05) is 26.3 Å². The Bertz CT molecular complexity index is 423. The van der Waals surface area contributed by atoms with E-state index in [9.17, 15) is 0 Å². The molecular weight excluding hydrogens is 252 g/mol. The SMILES string of the molecule is CCOc1cccc(C(N)C2CN(C(C)C)CCO2)c1. The van der Waals surface area contributed by atoms with E-state index in [0.29, 0.717) is 12.6 Å². The Morgan fingerprint density at radius 1 is 1.45 bits per heavy atom. The van der Waals surface area contributed by atoms with Gasteiger partial charge in [-0.25, -0.2) is 0 Å². The molecule has 1 heterocycles. The van der Waals surface area contributed by atoms with Gasteiger partial charge in [0.25, 0.3) is 0 Å². The lowest BCUT2D eigenvalue weighted by Gasteiger charge is -2.38. The Kier molecular flexibility index (Phi) is 5.40. The van der Waals surface area contributed by atoms with Crippen molar-refractivity contribution in [3.63, 3.8) is 0 Å². The van der Waals surface area contributed by atoms with Gasteiger partial charge in [-0.1, -0.05) is 12.1 Å². The highest BCUT2D eigenvalue weighted by molar-refractivity contribution is 5.31. The molecule has 4 nitrogen and oxygen atoms in total. The average Bonchev–Trinajstić information content (AvgIpc) is 2.47. The van der Waals surface area contributed by atoms with E-state index in [1.54, 1.807) is 0 Å². The second kappa shape index (κ2) is 7.07. The van der Waals surface area contributed by atoms with Gasteiger partial charge in [-0.2, -0.15) is 0 Å². The average molecular weight is 278 g/mol. The van der Waals surface area contributed by atoms with Crippen molar-refractivity contribution in [3.05, 3.63) is 29.8 Å². The lowest BCUT2D eigenvalue weighted by atomic mass is 10.0. The smallest absolute Gasteiger partial charge is 0.119 e. The molecule has 0 aromatic heterocycles. The van der Waals surface area contributed by atoms with Gasteiger partial charge in [-0.15, -0.1) is 0 Å². The molecule has 0 amide bonds. The van der Waals surface area contributed by atoms with Crippen LogP contribution in [0.1, 0.15) is 32.4 Å². The van der Waals surface area contributed by atoms with Gasteiger partial charge < -0.3 is 15.2 Å². The number of nitrogens with zero attached hydrogens (tertiary/aromatic N) is 1. The molecule has 1 aromatic carbocycles. The van der Waals surface area contributed by atoms with Gasteiger partial charge in [0.1, 0.15) is 5.75 Å². The number of benzene rings is 1. The topological polar surface area (TPSA) is 47.7 Å². The van der Waals surface area contributed by atoms with Gasteiger partial charge in [0.2, 0.25) is 0 Å². The molecule has 0 radical (unpaired) electrons. The van der Waals surface area contributed by atoms with Crippen LogP contribution in [0, 0.1) is 0 Å². The lowest BCUT2D eigenvalue weighted by Crippen LogP contribution is -2.49. The quantitative estimate of drug-likeness (QED) is 0.897. The minimum Gasteiger partial charge on any atom is -0.494 e. The van der Waals surface area contributed by atoms with Crippen molar-refractivity contribution in [2.24, 2.45) is 5.73 Å². The summed E-state index contributed by atoms with van der Waals surface area (Å²) in [6.07, 6.45) is 0.0445. The second-order valence-electron chi connectivity index (χ2n) is 5.53. The normalized spacial score (nSPS) is 21.9. The Hall–Kier alpha value is -1.10. The second-order valence-corrected chi connectivity index (χ2v) is 5.53. The van der Waals surface area contributed by atoms with Gasteiger partial charge in [0.15, 0.2) is 0 Å². The van der Waals surface area contributed by atoms with Gasteiger partial charge in [-0.05, 0) is 38.5 Å². The molecule has 0 bridgehead atoms.